The molecule has 0 fully saturated rings. The van der Waals surface area contributed by atoms with E-state index in [0.29, 0.717) is 41.4 Å². The standard InChI is InChI=1S/C22H22FN3O3/c1-28-20-8-7-15(9-21(20)29-2)11-26-22(27)17-10-18(14-24-12-17)25-13-16-5-3-4-6-19(16)23/h3-10,12,14,25H,11,13H2,1-2H3,(H,26,27). The number of aromatic nitrogens is 1. The maximum absolute atomic E-state index is 13.7. The summed E-state index contributed by atoms with van der Waals surface area (Å²) in [6.07, 6.45) is 3.07. The Morgan fingerprint density at radius 3 is 2.55 bits per heavy atom. The van der Waals surface area contributed by atoms with Crippen LogP contribution in [0.25, 0.3) is 0 Å². The third-order valence-corrected chi connectivity index (χ3v) is 4.34. The van der Waals surface area contributed by atoms with Crippen molar-refractivity contribution in [2.75, 3.05) is 19.5 Å². The number of ether oxygens (including phenoxy) is 2. The van der Waals surface area contributed by atoms with E-state index in [-0.39, 0.29) is 11.7 Å². The summed E-state index contributed by atoms with van der Waals surface area (Å²) >= 11 is 0. The summed E-state index contributed by atoms with van der Waals surface area (Å²) < 4.78 is 24.2. The van der Waals surface area contributed by atoms with Crippen LogP contribution >= 0.6 is 0 Å². The predicted octanol–water partition coefficient (Wildman–Crippen LogP) is 3.78. The quantitative estimate of drug-likeness (QED) is 0.607. The van der Waals surface area contributed by atoms with Gasteiger partial charge in [-0.15, -0.1) is 0 Å². The molecule has 150 valence electrons. The molecule has 0 aliphatic rings. The number of hydrogen-bond acceptors (Lipinski definition) is 5. The van der Waals surface area contributed by atoms with Gasteiger partial charge in [0, 0.05) is 31.0 Å². The first kappa shape index (κ1) is 20.1. The topological polar surface area (TPSA) is 72.5 Å². The smallest absolute Gasteiger partial charge is 0.253 e. The van der Waals surface area contributed by atoms with E-state index in [9.17, 15) is 9.18 Å². The lowest BCUT2D eigenvalue weighted by Gasteiger charge is -2.11. The van der Waals surface area contributed by atoms with Crippen LogP contribution in [0.1, 0.15) is 21.5 Å². The third-order valence-electron chi connectivity index (χ3n) is 4.34. The average molecular weight is 395 g/mol. The molecule has 0 saturated heterocycles. The largest absolute Gasteiger partial charge is 0.493 e. The lowest BCUT2D eigenvalue weighted by Crippen LogP contribution is -2.23. The van der Waals surface area contributed by atoms with Gasteiger partial charge in [0.2, 0.25) is 0 Å². The van der Waals surface area contributed by atoms with Gasteiger partial charge in [-0.25, -0.2) is 4.39 Å². The number of rotatable bonds is 8. The zero-order valence-corrected chi connectivity index (χ0v) is 16.2. The van der Waals surface area contributed by atoms with Crippen LogP contribution in [-0.4, -0.2) is 25.1 Å². The lowest BCUT2D eigenvalue weighted by atomic mass is 10.2. The van der Waals surface area contributed by atoms with Gasteiger partial charge in [-0.05, 0) is 29.8 Å². The molecule has 0 spiro atoms. The molecule has 0 unspecified atom stereocenters. The van der Waals surface area contributed by atoms with Crippen LogP contribution in [0.2, 0.25) is 0 Å². The Morgan fingerprint density at radius 2 is 1.79 bits per heavy atom. The van der Waals surface area contributed by atoms with Gasteiger partial charge in [0.25, 0.3) is 5.91 Å². The van der Waals surface area contributed by atoms with Crippen molar-refractivity contribution in [3.63, 3.8) is 0 Å². The van der Waals surface area contributed by atoms with Crippen molar-refractivity contribution in [2.45, 2.75) is 13.1 Å². The average Bonchev–Trinajstić information content (AvgIpc) is 2.76. The van der Waals surface area contributed by atoms with Crippen molar-refractivity contribution in [2.24, 2.45) is 0 Å². The first-order valence-corrected chi connectivity index (χ1v) is 9.02. The summed E-state index contributed by atoms with van der Waals surface area (Å²) in [4.78, 5) is 16.6. The minimum absolute atomic E-state index is 0.262. The van der Waals surface area contributed by atoms with Gasteiger partial charge in [-0.2, -0.15) is 0 Å². The molecule has 29 heavy (non-hydrogen) atoms. The number of hydrogen-bond donors (Lipinski definition) is 2. The molecule has 0 aliphatic carbocycles. The van der Waals surface area contributed by atoms with Crippen molar-refractivity contribution < 1.29 is 18.7 Å². The first-order chi connectivity index (χ1) is 14.1. The number of nitrogens with zero attached hydrogens (tertiary/aromatic N) is 1. The Bertz CT molecular complexity index is 995. The highest BCUT2D eigenvalue weighted by molar-refractivity contribution is 5.94. The Balaban J connectivity index is 1.61. The zero-order valence-electron chi connectivity index (χ0n) is 16.2. The maximum atomic E-state index is 13.7. The van der Waals surface area contributed by atoms with Crippen LogP contribution in [0.5, 0.6) is 11.5 Å². The number of benzene rings is 2. The minimum atomic E-state index is -0.281. The molecule has 7 heteroatoms. The second-order valence-electron chi connectivity index (χ2n) is 6.28. The predicted molar refractivity (Wildman–Crippen MR) is 109 cm³/mol. The Kier molecular flexibility index (Phi) is 6.63. The highest BCUT2D eigenvalue weighted by atomic mass is 19.1. The number of nitrogens with one attached hydrogen (secondary N) is 2. The Labute approximate surface area is 168 Å². The van der Waals surface area contributed by atoms with E-state index in [0.717, 1.165) is 5.56 Å². The summed E-state index contributed by atoms with van der Waals surface area (Å²) in [7, 11) is 3.13. The van der Waals surface area contributed by atoms with Crippen LogP contribution in [0, 0.1) is 5.82 Å². The van der Waals surface area contributed by atoms with Gasteiger partial charge in [-0.1, -0.05) is 24.3 Å². The van der Waals surface area contributed by atoms with Crippen LogP contribution in [0.15, 0.2) is 60.9 Å². The molecule has 1 heterocycles. The number of methoxy groups -OCH3 is 2. The van der Waals surface area contributed by atoms with E-state index in [2.05, 4.69) is 15.6 Å². The fourth-order valence-electron chi connectivity index (χ4n) is 2.77. The summed E-state index contributed by atoms with van der Waals surface area (Å²) in [5, 5.41) is 5.94. The molecular weight excluding hydrogens is 373 g/mol. The van der Waals surface area contributed by atoms with Gasteiger partial charge >= 0.3 is 0 Å². The highest BCUT2D eigenvalue weighted by Gasteiger charge is 2.09. The van der Waals surface area contributed by atoms with E-state index in [1.165, 1.54) is 12.3 Å². The Hall–Kier alpha value is -3.61. The number of halogens is 1. The summed E-state index contributed by atoms with van der Waals surface area (Å²) in [5.41, 5.74) is 2.45. The van der Waals surface area contributed by atoms with E-state index >= 15 is 0 Å². The molecular formula is C22H22FN3O3. The van der Waals surface area contributed by atoms with Crippen molar-refractivity contribution in [1.29, 1.82) is 0 Å². The van der Waals surface area contributed by atoms with Crippen LogP contribution in [0.4, 0.5) is 10.1 Å². The van der Waals surface area contributed by atoms with Gasteiger partial charge in [-0.3, -0.25) is 9.78 Å². The van der Waals surface area contributed by atoms with Crippen LogP contribution < -0.4 is 20.1 Å². The Morgan fingerprint density at radius 1 is 1.00 bits per heavy atom. The summed E-state index contributed by atoms with van der Waals surface area (Å²) in [6, 6.07) is 13.7. The third kappa shape index (κ3) is 5.22. The molecule has 1 aromatic heterocycles. The molecule has 0 radical (unpaired) electrons. The van der Waals surface area contributed by atoms with E-state index < -0.39 is 0 Å². The molecule has 6 nitrogen and oxygen atoms in total. The van der Waals surface area contributed by atoms with E-state index in [1.54, 1.807) is 50.7 Å². The second kappa shape index (κ2) is 9.54. The van der Waals surface area contributed by atoms with Crippen molar-refractivity contribution >= 4 is 11.6 Å². The molecule has 3 rings (SSSR count). The number of carbonyl (C=O) groups excluding carboxylic acids is 1. The monoisotopic (exact) mass is 395 g/mol. The summed E-state index contributed by atoms with van der Waals surface area (Å²) in [5.74, 6) is 0.680. The van der Waals surface area contributed by atoms with Crippen molar-refractivity contribution in [3.05, 3.63) is 83.4 Å². The number of anilines is 1. The SMILES string of the molecule is COc1ccc(CNC(=O)c2cncc(NCc3ccccc3F)c2)cc1OC. The number of carbonyl (C=O) groups is 1. The molecule has 0 saturated carbocycles. The van der Waals surface area contributed by atoms with Gasteiger partial charge < -0.3 is 20.1 Å². The number of amides is 1. The van der Waals surface area contributed by atoms with E-state index in [4.69, 9.17) is 9.47 Å². The van der Waals surface area contributed by atoms with Crippen molar-refractivity contribution in [1.82, 2.24) is 10.3 Å². The highest BCUT2D eigenvalue weighted by Crippen LogP contribution is 2.27. The molecule has 2 N–H and O–H groups in total. The van der Waals surface area contributed by atoms with Crippen LogP contribution in [-0.2, 0) is 13.1 Å². The fourth-order valence-corrected chi connectivity index (χ4v) is 2.77. The lowest BCUT2D eigenvalue weighted by molar-refractivity contribution is 0.0950. The fraction of sp³-hybridized carbons (Fsp3) is 0.182. The van der Waals surface area contributed by atoms with Crippen molar-refractivity contribution in [3.8, 4) is 11.5 Å². The normalized spacial score (nSPS) is 10.3. The maximum Gasteiger partial charge on any atom is 0.253 e. The molecule has 0 aliphatic heterocycles. The van der Waals surface area contributed by atoms with E-state index in [1.807, 2.05) is 12.1 Å². The van der Waals surface area contributed by atoms with Gasteiger partial charge in [0.05, 0.1) is 25.5 Å². The van der Waals surface area contributed by atoms with Gasteiger partial charge in [0.1, 0.15) is 5.82 Å². The molecule has 2 aromatic carbocycles. The minimum Gasteiger partial charge on any atom is -0.493 e. The molecule has 0 atom stereocenters. The van der Waals surface area contributed by atoms with Crippen LogP contribution in [0.3, 0.4) is 0 Å². The molecule has 0 bridgehead atoms. The molecule has 3 aromatic rings. The zero-order chi connectivity index (χ0) is 20.6. The first-order valence-electron chi connectivity index (χ1n) is 9.02. The molecule has 1 amide bonds. The summed E-state index contributed by atoms with van der Waals surface area (Å²) in [6.45, 7) is 0.622. The second-order valence-corrected chi connectivity index (χ2v) is 6.28. The van der Waals surface area contributed by atoms with Gasteiger partial charge in [0.15, 0.2) is 11.5 Å². The number of pyridine rings is 1.